The fourth-order valence-electron chi connectivity index (χ4n) is 2.65. The molecule has 0 aliphatic carbocycles. The first kappa shape index (κ1) is 15.0. The van der Waals surface area contributed by atoms with E-state index in [1.54, 1.807) is 6.07 Å². The van der Waals surface area contributed by atoms with Crippen LogP contribution in [0.1, 0.15) is 42.1 Å². The Bertz CT molecular complexity index is 471. The smallest absolute Gasteiger partial charge is 0.337 e. The highest BCUT2D eigenvalue weighted by molar-refractivity contribution is 5.89. The Hall–Kier alpha value is -1.39. The number of esters is 1. The Morgan fingerprint density at radius 2 is 2.20 bits per heavy atom. The minimum absolute atomic E-state index is 0.300. The minimum Gasteiger partial charge on any atom is -0.465 e. The average Bonchev–Trinajstić information content (AvgIpc) is 2.60. The first-order valence-corrected chi connectivity index (χ1v) is 7.12. The van der Waals surface area contributed by atoms with Gasteiger partial charge in [0, 0.05) is 13.1 Å². The van der Waals surface area contributed by atoms with Gasteiger partial charge in [-0.1, -0.05) is 12.1 Å². The third-order valence-electron chi connectivity index (χ3n) is 3.91. The van der Waals surface area contributed by atoms with Gasteiger partial charge in [-0.15, -0.1) is 0 Å². The van der Waals surface area contributed by atoms with Crippen molar-refractivity contribution in [1.82, 2.24) is 4.90 Å². The molecule has 0 spiro atoms. The lowest BCUT2D eigenvalue weighted by Gasteiger charge is -2.22. The van der Waals surface area contributed by atoms with E-state index in [9.17, 15) is 9.90 Å². The normalized spacial score (nSPS) is 24.1. The van der Waals surface area contributed by atoms with Crippen LogP contribution in [0, 0.1) is 0 Å². The van der Waals surface area contributed by atoms with Gasteiger partial charge in [-0.3, -0.25) is 4.90 Å². The predicted octanol–water partition coefficient (Wildman–Crippen LogP) is 2.21. The number of rotatable bonds is 3. The van der Waals surface area contributed by atoms with Crippen molar-refractivity contribution in [3.63, 3.8) is 0 Å². The predicted molar refractivity (Wildman–Crippen MR) is 77.5 cm³/mol. The topological polar surface area (TPSA) is 49.8 Å². The van der Waals surface area contributed by atoms with Crippen LogP contribution in [-0.2, 0) is 11.3 Å². The van der Waals surface area contributed by atoms with Crippen LogP contribution in [0.4, 0.5) is 0 Å². The molecule has 1 aliphatic heterocycles. The van der Waals surface area contributed by atoms with Gasteiger partial charge in [0.2, 0.25) is 0 Å². The molecule has 1 unspecified atom stereocenters. The molecule has 4 nitrogen and oxygen atoms in total. The number of carbonyl (C=O) groups excluding carboxylic acids is 1. The number of benzene rings is 1. The second-order valence-corrected chi connectivity index (χ2v) is 5.82. The van der Waals surface area contributed by atoms with Crippen molar-refractivity contribution >= 4 is 5.97 Å². The summed E-state index contributed by atoms with van der Waals surface area (Å²) in [7, 11) is 1.39. The molecule has 1 aromatic carbocycles. The molecule has 0 amide bonds. The summed E-state index contributed by atoms with van der Waals surface area (Å²) in [4.78, 5) is 13.9. The molecule has 1 atom stereocenters. The first-order valence-electron chi connectivity index (χ1n) is 7.12. The number of hydrogen-bond acceptors (Lipinski definition) is 4. The number of methoxy groups -OCH3 is 1. The zero-order chi connectivity index (χ0) is 14.6. The van der Waals surface area contributed by atoms with Crippen LogP contribution in [0.3, 0.4) is 0 Å². The summed E-state index contributed by atoms with van der Waals surface area (Å²) in [5, 5.41) is 10.1. The van der Waals surface area contributed by atoms with Gasteiger partial charge < -0.3 is 9.84 Å². The van der Waals surface area contributed by atoms with Gasteiger partial charge in [0.05, 0.1) is 18.3 Å². The molecule has 2 rings (SSSR count). The van der Waals surface area contributed by atoms with Gasteiger partial charge in [-0.25, -0.2) is 4.79 Å². The Labute approximate surface area is 120 Å². The van der Waals surface area contributed by atoms with E-state index in [0.29, 0.717) is 5.56 Å². The number of likely N-dealkylation sites (tertiary alicyclic amines) is 1. The maximum Gasteiger partial charge on any atom is 0.337 e. The molecule has 0 bridgehead atoms. The maximum absolute atomic E-state index is 11.5. The number of hydrogen-bond donors (Lipinski definition) is 1. The summed E-state index contributed by atoms with van der Waals surface area (Å²) in [5.74, 6) is -0.300. The van der Waals surface area contributed by atoms with Crippen molar-refractivity contribution in [2.24, 2.45) is 0 Å². The van der Waals surface area contributed by atoms with Crippen LogP contribution >= 0.6 is 0 Å². The molecule has 1 saturated heterocycles. The molecule has 4 heteroatoms. The lowest BCUT2D eigenvalue weighted by molar-refractivity contribution is 0.0444. The second kappa shape index (κ2) is 6.37. The summed E-state index contributed by atoms with van der Waals surface area (Å²) in [6.07, 6.45) is 2.65. The summed E-state index contributed by atoms with van der Waals surface area (Å²) < 4.78 is 4.74. The van der Waals surface area contributed by atoms with Gasteiger partial charge in [-0.05, 0) is 50.4 Å². The SMILES string of the molecule is COC(=O)c1cccc(CN2CCCC(C)(O)CC2)c1. The molecule has 110 valence electrons. The number of aliphatic hydroxyl groups is 1. The monoisotopic (exact) mass is 277 g/mol. The number of carbonyl (C=O) groups is 1. The molecule has 1 N–H and O–H groups in total. The molecular weight excluding hydrogens is 254 g/mol. The molecule has 0 aromatic heterocycles. The molecule has 0 saturated carbocycles. The van der Waals surface area contributed by atoms with E-state index in [4.69, 9.17) is 4.74 Å². The van der Waals surface area contributed by atoms with E-state index >= 15 is 0 Å². The Morgan fingerprint density at radius 1 is 1.40 bits per heavy atom. The molecule has 0 radical (unpaired) electrons. The third kappa shape index (κ3) is 4.05. The highest BCUT2D eigenvalue weighted by Gasteiger charge is 2.24. The van der Waals surface area contributed by atoms with Gasteiger partial charge in [0.1, 0.15) is 0 Å². The van der Waals surface area contributed by atoms with E-state index in [1.807, 2.05) is 25.1 Å². The lowest BCUT2D eigenvalue weighted by atomic mass is 9.98. The van der Waals surface area contributed by atoms with Crippen LogP contribution in [0.25, 0.3) is 0 Å². The van der Waals surface area contributed by atoms with Crippen molar-refractivity contribution in [2.75, 3.05) is 20.2 Å². The zero-order valence-electron chi connectivity index (χ0n) is 12.3. The quantitative estimate of drug-likeness (QED) is 0.861. The van der Waals surface area contributed by atoms with Crippen molar-refractivity contribution in [3.8, 4) is 0 Å². The maximum atomic E-state index is 11.5. The highest BCUT2D eigenvalue weighted by Crippen LogP contribution is 2.22. The van der Waals surface area contributed by atoms with Crippen molar-refractivity contribution in [2.45, 2.75) is 38.3 Å². The number of ether oxygens (including phenoxy) is 1. The Morgan fingerprint density at radius 3 is 2.95 bits per heavy atom. The average molecular weight is 277 g/mol. The van der Waals surface area contributed by atoms with Gasteiger partial charge in [0.15, 0.2) is 0 Å². The van der Waals surface area contributed by atoms with Crippen molar-refractivity contribution in [3.05, 3.63) is 35.4 Å². The van der Waals surface area contributed by atoms with E-state index in [2.05, 4.69) is 4.90 Å². The molecule has 1 aromatic rings. The lowest BCUT2D eigenvalue weighted by Crippen LogP contribution is -2.28. The van der Waals surface area contributed by atoms with E-state index in [-0.39, 0.29) is 5.97 Å². The van der Waals surface area contributed by atoms with E-state index < -0.39 is 5.60 Å². The number of nitrogens with zero attached hydrogens (tertiary/aromatic N) is 1. The second-order valence-electron chi connectivity index (χ2n) is 5.82. The summed E-state index contributed by atoms with van der Waals surface area (Å²) in [6, 6.07) is 7.56. The molecule has 1 heterocycles. The van der Waals surface area contributed by atoms with Crippen LogP contribution in [0.5, 0.6) is 0 Å². The van der Waals surface area contributed by atoms with E-state index in [0.717, 1.165) is 44.5 Å². The van der Waals surface area contributed by atoms with Gasteiger partial charge in [-0.2, -0.15) is 0 Å². The summed E-state index contributed by atoms with van der Waals surface area (Å²) in [5.41, 5.74) is 1.16. The minimum atomic E-state index is -0.539. The van der Waals surface area contributed by atoms with Gasteiger partial charge >= 0.3 is 5.97 Å². The third-order valence-corrected chi connectivity index (χ3v) is 3.91. The fourth-order valence-corrected chi connectivity index (χ4v) is 2.65. The summed E-state index contributed by atoms with van der Waals surface area (Å²) >= 11 is 0. The van der Waals surface area contributed by atoms with Crippen LogP contribution in [-0.4, -0.2) is 41.8 Å². The van der Waals surface area contributed by atoms with Gasteiger partial charge in [0.25, 0.3) is 0 Å². The van der Waals surface area contributed by atoms with Crippen molar-refractivity contribution < 1.29 is 14.6 Å². The molecule has 20 heavy (non-hydrogen) atoms. The first-order chi connectivity index (χ1) is 9.50. The Kier molecular flexibility index (Phi) is 4.78. The fraction of sp³-hybridized carbons (Fsp3) is 0.562. The van der Waals surface area contributed by atoms with E-state index in [1.165, 1.54) is 7.11 Å². The zero-order valence-corrected chi connectivity index (χ0v) is 12.3. The van der Waals surface area contributed by atoms with Crippen molar-refractivity contribution in [1.29, 1.82) is 0 Å². The van der Waals surface area contributed by atoms with Crippen LogP contribution in [0.15, 0.2) is 24.3 Å². The standard InChI is InChI=1S/C16H23NO3/c1-16(19)7-4-9-17(10-8-16)12-13-5-3-6-14(11-13)15(18)20-2/h3,5-6,11,19H,4,7-10,12H2,1-2H3. The molecule has 1 aliphatic rings. The Balaban J connectivity index is 2.01. The molecule has 1 fully saturated rings. The summed E-state index contributed by atoms with van der Waals surface area (Å²) in [6.45, 7) is 4.59. The largest absolute Gasteiger partial charge is 0.465 e. The highest BCUT2D eigenvalue weighted by atomic mass is 16.5. The van der Waals surface area contributed by atoms with Crippen LogP contribution < -0.4 is 0 Å². The molecular formula is C16H23NO3. The van der Waals surface area contributed by atoms with Crippen LogP contribution in [0.2, 0.25) is 0 Å².